The fraction of sp³-hybridized carbons (Fsp3) is 0.150. The Balaban J connectivity index is 2.24. The second-order valence-electron chi connectivity index (χ2n) is 6.50. The van der Waals surface area contributed by atoms with Gasteiger partial charge in [-0.05, 0) is 24.6 Å². The molecule has 0 bridgehead atoms. The topological polar surface area (TPSA) is 152 Å². The number of ketones is 1. The molecule has 1 atom stereocenters. The molecule has 1 heterocycles. The quantitative estimate of drug-likeness (QED) is 0.241. The number of Topliss-reactive ketones (excluding diaryl/α,β-unsaturated/α-hetero) is 1. The highest BCUT2D eigenvalue weighted by Gasteiger charge is 2.31. The molecule has 0 spiro atoms. The summed E-state index contributed by atoms with van der Waals surface area (Å²) in [5.74, 6) is -5.71. The van der Waals surface area contributed by atoms with Gasteiger partial charge in [0.1, 0.15) is 5.75 Å². The number of carbonyl (C=O) groups excluding carboxylic acids is 2. The minimum atomic E-state index is -2.97. The van der Waals surface area contributed by atoms with Crippen molar-refractivity contribution in [3.05, 3.63) is 65.4 Å². The first-order valence-electron chi connectivity index (χ1n) is 8.78. The minimum Gasteiger partial charge on any atom is -0.478 e. The fourth-order valence-electron chi connectivity index (χ4n) is 3.28. The number of carbonyl (C=O) groups is 3. The summed E-state index contributed by atoms with van der Waals surface area (Å²) in [6, 6.07) is 14.0. The number of hydrogen-bond acceptors (Lipinski definition) is 6. The van der Waals surface area contributed by atoms with Gasteiger partial charge in [0.2, 0.25) is 8.38 Å². The van der Waals surface area contributed by atoms with Gasteiger partial charge in [-0.2, -0.15) is 0 Å². The zero-order chi connectivity index (χ0) is 22.0. The molecule has 0 aliphatic rings. The van der Waals surface area contributed by atoms with Gasteiger partial charge in [0.25, 0.3) is 17.5 Å². The molecule has 30 heavy (non-hydrogen) atoms. The van der Waals surface area contributed by atoms with E-state index in [0.717, 1.165) is 5.56 Å². The van der Waals surface area contributed by atoms with Gasteiger partial charge >= 0.3 is 5.97 Å². The van der Waals surface area contributed by atoms with Gasteiger partial charge in [-0.25, -0.2) is 4.79 Å². The molecule has 0 aliphatic carbocycles. The van der Waals surface area contributed by atoms with Crippen molar-refractivity contribution in [1.29, 1.82) is 0 Å². The summed E-state index contributed by atoms with van der Waals surface area (Å²) in [5, 5.41) is 9.40. The number of aliphatic carboxylic acids is 1. The molecule has 2 aromatic carbocycles. The van der Waals surface area contributed by atoms with E-state index in [9.17, 15) is 29.3 Å². The molecule has 3 rings (SSSR count). The van der Waals surface area contributed by atoms with Crippen LogP contribution in [-0.2, 0) is 16.1 Å². The summed E-state index contributed by atoms with van der Waals surface area (Å²) in [6.07, 6.45) is 0. The number of nitrogens with two attached hydrogens (primary N) is 1. The molecule has 1 amide bonds. The molecule has 0 saturated carbocycles. The van der Waals surface area contributed by atoms with E-state index in [4.69, 9.17) is 10.5 Å². The number of fused-ring (bicyclic) bond motifs is 1. The molecule has 0 aliphatic heterocycles. The van der Waals surface area contributed by atoms with Crippen molar-refractivity contribution in [2.24, 2.45) is 5.73 Å². The minimum absolute atomic E-state index is 0.0200. The van der Waals surface area contributed by atoms with E-state index in [-0.39, 0.29) is 16.7 Å². The van der Waals surface area contributed by atoms with Gasteiger partial charge in [0.05, 0.1) is 16.5 Å². The lowest BCUT2D eigenvalue weighted by atomic mass is 10.1. The van der Waals surface area contributed by atoms with Crippen molar-refractivity contribution in [2.45, 2.75) is 19.3 Å². The van der Waals surface area contributed by atoms with Gasteiger partial charge in [-0.15, -0.1) is 0 Å². The zero-order valence-electron chi connectivity index (χ0n) is 15.8. The molecule has 5 N–H and O–H groups in total. The second-order valence-corrected chi connectivity index (χ2v) is 7.61. The Morgan fingerprint density at radius 3 is 2.33 bits per heavy atom. The lowest BCUT2D eigenvalue weighted by Crippen LogP contribution is -2.26. The number of carboxylic acids is 1. The van der Waals surface area contributed by atoms with Crippen LogP contribution in [-0.4, -0.2) is 43.0 Å². The third-order valence-electron chi connectivity index (χ3n) is 4.61. The first kappa shape index (κ1) is 21.4. The molecule has 0 saturated heterocycles. The average Bonchev–Trinajstić information content (AvgIpc) is 2.98. The summed E-state index contributed by atoms with van der Waals surface area (Å²) in [5.41, 5.74) is 7.08. The van der Waals surface area contributed by atoms with Gasteiger partial charge < -0.3 is 29.9 Å². The number of aromatic nitrogens is 1. The number of nitrogens with zero attached hydrogens (tertiary/aromatic N) is 1. The number of hydrogen-bond donors (Lipinski definition) is 4. The van der Waals surface area contributed by atoms with Crippen LogP contribution in [0.15, 0.2) is 48.5 Å². The summed E-state index contributed by atoms with van der Waals surface area (Å²) in [6.45, 7) is 2.01. The Morgan fingerprint density at radius 2 is 1.77 bits per heavy atom. The normalized spacial score (nSPS) is 12.1. The van der Waals surface area contributed by atoms with Crippen molar-refractivity contribution in [3.63, 3.8) is 0 Å². The fourth-order valence-corrected chi connectivity index (χ4v) is 3.68. The van der Waals surface area contributed by atoms with E-state index in [1.807, 2.05) is 30.3 Å². The molecule has 1 aromatic heterocycles. The molecule has 3 aromatic rings. The lowest BCUT2D eigenvalue weighted by Gasteiger charge is -2.17. The third-order valence-corrected chi connectivity index (χ3v) is 5.35. The SMILES string of the molecule is Cc1c(C(=O)C(N)=O)c2c(OC(C(=O)O)P(O)O)cccc2n1Cc1ccccc1. The highest BCUT2D eigenvalue weighted by atomic mass is 31.2. The van der Waals surface area contributed by atoms with E-state index >= 15 is 0 Å². The third kappa shape index (κ3) is 4.04. The van der Waals surface area contributed by atoms with Crippen molar-refractivity contribution >= 4 is 36.9 Å². The maximum Gasteiger partial charge on any atom is 0.354 e. The molecule has 9 nitrogen and oxygen atoms in total. The van der Waals surface area contributed by atoms with E-state index < -0.39 is 31.9 Å². The Kier molecular flexibility index (Phi) is 6.17. The zero-order valence-corrected chi connectivity index (χ0v) is 16.7. The maximum atomic E-state index is 12.6. The highest BCUT2D eigenvalue weighted by molar-refractivity contribution is 7.46. The van der Waals surface area contributed by atoms with Crippen molar-refractivity contribution in [3.8, 4) is 5.75 Å². The predicted octanol–water partition coefficient (Wildman–Crippen LogP) is 1.75. The van der Waals surface area contributed by atoms with Crippen LogP contribution in [0.4, 0.5) is 0 Å². The Hall–Kier alpha value is -3.26. The number of benzene rings is 2. The molecule has 156 valence electrons. The maximum absolute atomic E-state index is 12.6. The average molecular weight is 430 g/mol. The molecular formula is C20H19N2O7P. The molecular weight excluding hydrogens is 411 g/mol. The first-order valence-corrected chi connectivity index (χ1v) is 10.1. The van der Waals surface area contributed by atoms with Crippen LogP contribution in [0, 0.1) is 6.92 Å². The Labute approximate surface area is 172 Å². The van der Waals surface area contributed by atoms with Gasteiger partial charge in [0, 0.05) is 12.2 Å². The standard InChI is InChI=1S/C20H19N2O7P/c1-11-15(17(23)18(21)24)16-13(22(11)10-12-6-3-2-4-7-12)8-5-9-14(16)29-20(19(25)26)30(27)28/h2-9,20,27-28H,10H2,1H3,(H2,21,24)(H,25,26). The first-order chi connectivity index (χ1) is 14.2. The van der Waals surface area contributed by atoms with Gasteiger partial charge in [-0.3, -0.25) is 9.59 Å². The van der Waals surface area contributed by atoms with Crippen molar-refractivity contribution in [1.82, 2.24) is 4.57 Å². The van der Waals surface area contributed by atoms with Crippen LogP contribution >= 0.6 is 8.38 Å². The largest absolute Gasteiger partial charge is 0.478 e. The smallest absolute Gasteiger partial charge is 0.354 e. The van der Waals surface area contributed by atoms with E-state index in [1.54, 1.807) is 23.6 Å². The van der Waals surface area contributed by atoms with E-state index in [2.05, 4.69) is 0 Å². The van der Waals surface area contributed by atoms with Crippen LogP contribution in [0.1, 0.15) is 21.6 Å². The van der Waals surface area contributed by atoms with Gasteiger partial charge in [0.15, 0.2) is 0 Å². The van der Waals surface area contributed by atoms with Crippen molar-refractivity contribution < 1.29 is 34.0 Å². The molecule has 0 fully saturated rings. The van der Waals surface area contributed by atoms with Crippen molar-refractivity contribution in [2.75, 3.05) is 0 Å². The molecule has 10 heteroatoms. The Bertz CT molecular complexity index is 1130. The van der Waals surface area contributed by atoms with Crippen LogP contribution in [0.2, 0.25) is 0 Å². The molecule has 0 radical (unpaired) electrons. The number of carboxylic acid groups (broad SMARTS) is 1. The number of primary amides is 1. The Morgan fingerprint density at radius 1 is 1.10 bits per heavy atom. The number of rotatable bonds is 8. The summed E-state index contributed by atoms with van der Waals surface area (Å²) in [4.78, 5) is 54.4. The van der Waals surface area contributed by atoms with Crippen LogP contribution in [0.25, 0.3) is 10.9 Å². The van der Waals surface area contributed by atoms with Crippen LogP contribution in [0.5, 0.6) is 5.75 Å². The van der Waals surface area contributed by atoms with Crippen LogP contribution in [0.3, 0.4) is 0 Å². The van der Waals surface area contributed by atoms with Crippen LogP contribution < -0.4 is 10.5 Å². The summed E-state index contributed by atoms with van der Waals surface area (Å²) < 4.78 is 7.13. The lowest BCUT2D eigenvalue weighted by molar-refractivity contribution is -0.141. The van der Waals surface area contributed by atoms with E-state index in [0.29, 0.717) is 17.8 Å². The monoisotopic (exact) mass is 430 g/mol. The predicted molar refractivity (Wildman–Crippen MR) is 109 cm³/mol. The highest BCUT2D eigenvalue weighted by Crippen LogP contribution is 2.39. The summed E-state index contributed by atoms with van der Waals surface area (Å²) >= 11 is 0. The number of amides is 1. The van der Waals surface area contributed by atoms with Gasteiger partial charge in [-0.1, -0.05) is 36.4 Å². The molecule has 1 unspecified atom stereocenters. The second kappa shape index (κ2) is 8.62. The summed E-state index contributed by atoms with van der Waals surface area (Å²) in [7, 11) is -2.97. The number of ether oxygens (including phenoxy) is 1. The van der Waals surface area contributed by atoms with E-state index in [1.165, 1.54) is 6.07 Å².